The van der Waals surface area contributed by atoms with E-state index in [-0.39, 0.29) is 31.8 Å². The zero-order valence-electron chi connectivity index (χ0n) is 21.1. The van der Waals surface area contributed by atoms with Crippen LogP contribution in [0.1, 0.15) is 50.1 Å². The van der Waals surface area contributed by atoms with E-state index in [1.54, 1.807) is 30.5 Å². The number of carboxylic acid groups (broad SMARTS) is 1. The number of aromatic nitrogens is 3. The maximum Gasteiger partial charge on any atom is 0.424 e. The molecule has 3 heterocycles. The third-order valence-corrected chi connectivity index (χ3v) is 7.66. The van der Waals surface area contributed by atoms with Gasteiger partial charge in [-0.2, -0.15) is 13.2 Å². The zero-order chi connectivity index (χ0) is 27.7. The minimum Gasteiger partial charge on any atom is -0.491 e. The van der Waals surface area contributed by atoms with E-state index in [0.29, 0.717) is 28.0 Å². The number of aryl methyl sites for hydroxylation is 1. The van der Waals surface area contributed by atoms with Crippen molar-refractivity contribution in [2.45, 2.75) is 64.3 Å². The highest BCUT2D eigenvalue weighted by atomic mass is 32.1. The van der Waals surface area contributed by atoms with Crippen LogP contribution in [-0.4, -0.2) is 43.4 Å². The number of hydrogen-bond acceptors (Lipinski definition) is 8. The summed E-state index contributed by atoms with van der Waals surface area (Å²) in [4.78, 5) is 24.4. The first-order chi connectivity index (χ1) is 17.9. The van der Waals surface area contributed by atoms with Gasteiger partial charge in [0.05, 0.1) is 22.6 Å². The number of halogens is 3. The van der Waals surface area contributed by atoms with Crippen LogP contribution in [0.4, 0.5) is 24.8 Å². The first-order valence-corrected chi connectivity index (χ1v) is 13.1. The van der Waals surface area contributed by atoms with Gasteiger partial charge in [-0.05, 0) is 70.2 Å². The van der Waals surface area contributed by atoms with E-state index in [2.05, 4.69) is 20.3 Å². The summed E-state index contributed by atoms with van der Waals surface area (Å²) in [7, 11) is 0. The fourth-order valence-corrected chi connectivity index (χ4v) is 5.73. The number of ether oxygens (including phenoxy) is 1. The molecule has 3 aromatic rings. The number of aliphatic carboxylic acids is 1. The van der Waals surface area contributed by atoms with Crippen LogP contribution < -0.4 is 10.1 Å². The fraction of sp³-hybridized carbons (Fsp3) is 0.462. The van der Waals surface area contributed by atoms with Gasteiger partial charge in [0.25, 0.3) is 0 Å². The second kappa shape index (κ2) is 10.9. The molecule has 0 radical (unpaired) electrons. The molecule has 0 amide bonds. The molecule has 0 bridgehead atoms. The van der Waals surface area contributed by atoms with Crippen molar-refractivity contribution in [1.82, 2.24) is 15.0 Å². The minimum absolute atomic E-state index is 0.0166. The van der Waals surface area contributed by atoms with E-state index in [1.165, 1.54) is 6.20 Å². The molecule has 1 saturated carbocycles. The second-order valence-electron chi connectivity index (χ2n) is 9.76. The van der Waals surface area contributed by atoms with Crippen molar-refractivity contribution in [2.75, 3.05) is 5.32 Å². The molecule has 1 aliphatic rings. The summed E-state index contributed by atoms with van der Waals surface area (Å²) < 4.78 is 48.5. The highest BCUT2D eigenvalue weighted by Gasteiger charge is 2.61. The van der Waals surface area contributed by atoms with Crippen LogP contribution >= 0.6 is 11.3 Å². The second-order valence-corrected chi connectivity index (χ2v) is 10.8. The standard InChI is InChI=1S/C26H29F3N4O4S/c1-14(2)37-18-8-9-30-21(12-18)33-22-11-15(3)10-19(32-22)20-13-31-24(38-20)25(36,26(27,28)29)17-6-4-16(5-7-17)23(34)35/h8-14,16-17,36H,4-7H2,1-3H3,(H,34,35)(H,30,32,33). The number of nitrogens with one attached hydrogen (secondary N) is 1. The van der Waals surface area contributed by atoms with Crippen molar-refractivity contribution in [3.63, 3.8) is 0 Å². The Bertz CT molecular complexity index is 1290. The van der Waals surface area contributed by atoms with Gasteiger partial charge in [0.2, 0.25) is 5.60 Å². The van der Waals surface area contributed by atoms with Gasteiger partial charge >= 0.3 is 12.1 Å². The summed E-state index contributed by atoms with van der Waals surface area (Å²) in [6, 6.07) is 6.95. The molecular weight excluding hydrogens is 521 g/mol. The third-order valence-electron chi connectivity index (χ3n) is 6.51. The van der Waals surface area contributed by atoms with Gasteiger partial charge < -0.3 is 20.3 Å². The molecule has 0 spiro atoms. The van der Waals surface area contributed by atoms with E-state index < -0.39 is 34.6 Å². The number of thiazole rings is 1. The van der Waals surface area contributed by atoms with Crippen molar-refractivity contribution < 1.29 is 32.9 Å². The van der Waals surface area contributed by atoms with Crippen LogP contribution in [0.15, 0.2) is 36.7 Å². The third kappa shape index (κ3) is 5.91. The van der Waals surface area contributed by atoms with Crippen LogP contribution in [0.5, 0.6) is 5.75 Å². The Kier molecular flexibility index (Phi) is 7.93. The molecule has 0 aromatic carbocycles. The van der Waals surface area contributed by atoms with Crippen LogP contribution in [0.25, 0.3) is 10.6 Å². The van der Waals surface area contributed by atoms with Gasteiger partial charge in [0, 0.05) is 24.4 Å². The monoisotopic (exact) mass is 550 g/mol. The predicted octanol–water partition coefficient (Wildman–Crippen LogP) is 6.08. The fourth-order valence-electron chi connectivity index (χ4n) is 4.67. The number of carboxylic acids is 1. The van der Waals surface area contributed by atoms with Crippen LogP contribution in [0.2, 0.25) is 0 Å². The molecule has 3 N–H and O–H groups in total. The van der Waals surface area contributed by atoms with E-state index in [0.717, 1.165) is 16.9 Å². The van der Waals surface area contributed by atoms with Crippen molar-refractivity contribution >= 4 is 28.9 Å². The molecule has 1 atom stereocenters. The summed E-state index contributed by atoms with van der Waals surface area (Å²) in [5.74, 6) is -1.37. The van der Waals surface area contributed by atoms with Gasteiger partial charge in [-0.3, -0.25) is 4.79 Å². The van der Waals surface area contributed by atoms with Gasteiger partial charge in [0.15, 0.2) is 0 Å². The van der Waals surface area contributed by atoms with E-state index in [9.17, 15) is 28.2 Å². The molecule has 0 aliphatic heterocycles. The average molecular weight is 551 g/mol. The Morgan fingerprint density at radius 1 is 1.13 bits per heavy atom. The molecule has 204 valence electrons. The average Bonchev–Trinajstić information content (AvgIpc) is 3.33. The Balaban J connectivity index is 1.61. The lowest BCUT2D eigenvalue weighted by Crippen LogP contribution is -2.49. The Morgan fingerprint density at radius 2 is 1.84 bits per heavy atom. The number of carbonyl (C=O) groups is 1. The summed E-state index contributed by atoms with van der Waals surface area (Å²) in [5.41, 5.74) is -1.98. The van der Waals surface area contributed by atoms with Gasteiger partial charge in [-0.1, -0.05) is 0 Å². The molecule has 1 aliphatic carbocycles. The molecule has 1 unspecified atom stereocenters. The Hall–Kier alpha value is -3.25. The Morgan fingerprint density at radius 3 is 2.47 bits per heavy atom. The summed E-state index contributed by atoms with van der Waals surface area (Å²) >= 11 is 0.730. The molecule has 12 heteroatoms. The molecular formula is C26H29F3N4O4S. The number of hydrogen-bond donors (Lipinski definition) is 3. The quantitative estimate of drug-likeness (QED) is 0.309. The van der Waals surface area contributed by atoms with Crippen LogP contribution in [-0.2, 0) is 10.4 Å². The van der Waals surface area contributed by atoms with Crippen molar-refractivity contribution in [3.8, 4) is 16.3 Å². The number of anilines is 2. The summed E-state index contributed by atoms with van der Waals surface area (Å²) in [6.07, 6.45) is -2.11. The van der Waals surface area contributed by atoms with E-state index >= 15 is 0 Å². The maximum atomic E-state index is 14.3. The molecule has 1 fully saturated rings. The highest BCUT2D eigenvalue weighted by molar-refractivity contribution is 7.15. The molecule has 3 aromatic heterocycles. The normalized spacial score (nSPS) is 19.7. The summed E-state index contributed by atoms with van der Waals surface area (Å²) in [5, 5.41) is 22.9. The number of alkyl halides is 3. The zero-order valence-corrected chi connectivity index (χ0v) is 21.9. The maximum absolute atomic E-state index is 14.3. The first kappa shape index (κ1) is 27.8. The largest absolute Gasteiger partial charge is 0.491 e. The molecule has 0 saturated heterocycles. The SMILES string of the molecule is Cc1cc(Nc2cc(OC(C)C)ccn2)nc(-c2cnc(C(O)(C3CCC(C(=O)O)CC3)C(F)(F)F)s2)c1. The lowest BCUT2D eigenvalue weighted by Gasteiger charge is -2.39. The van der Waals surface area contributed by atoms with Crippen LogP contribution in [0.3, 0.4) is 0 Å². The lowest BCUT2D eigenvalue weighted by atomic mass is 9.73. The van der Waals surface area contributed by atoms with Gasteiger partial charge in [-0.15, -0.1) is 11.3 Å². The number of rotatable bonds is 8. The topological polar surface area (TPSA) is 117 Å². The molecule has 4 rings (SSSR count). The van der Waals surface area contributed by atoms with Crippen molar-refractivity contribution in [3.05, 3.63) is 47.2 Å². The van der Waals surface area contributed by atoms with Crippen LogP contribution in [0, 0.1) is 18.8 Å². The van der Waals surface area contributed by atoms with Gasteiger partial charge in [0.1, 0.15) is 22.4 Å². The molecule has 8 nitrogen and oxygen atoms in total. The predicted molar refractivity (Wildman–Crippen MR) is 136 cm³/mol. The Labute approximate surface area is 221 Å². The van der Waals surface area contributed by atoms with E-state index in [1.807, 2.05) is 20.8 Å². The first-order valence-electron chi connectivity index (χ1n) is 12.2. The number of pyridine rings is 2. The van der Waals surface area contributed by atoms with Crippen molar-refractivity contribution in [2.24, 2.45) is 11.8 Å². The summed E-state index contributed by atoms with van der Waals surface area (Å²) in [6.45, 7) is 5.65. The minimum atomic E-state index is -4.98. The van der Waals surface area contributed by atoms with Gasteiger partial charge in [-0.25, -0.2) is 15.0 Å². The number of nitrogens with zero attached hydrogens (tertiary/aromatic N) is 3. The molecule has 38 heavy (non-hydrogen) atoms. The highest BCUT2D eigenvalue weighted by Crippen LogP contribution is 2.51. The smallest absolute Gasteiger partial charge is 0.424 e. The van der Waals surface area contributed by atoms with E-state index in [4.69, 9.17) is 4.74 Å². The van der Waals surface area contributed by atoms with Crippen molar-refractivity contribution in [1.29, 1.82) is 0 Å². The lowest BCUT2D eigenvalue weighted by molar-refractivity contribution is -0.290. The number of aliphatic hydroxyl groups is 1.